The normalized spacial score (nSPS) is 11.6. The maximum absolute atomic E-state index is 13.5. The first kappa shape index (κ1) is 74.1. The van der Waals surface area contributed by atoms with Crippen LogP contribution in [0.2, 0.25) is 0 Å². The van der Waals surface area contributed by atoms with Crippen LogP contribution in [0.3, 0.4) is 0 Å². The summed E-state index contributed by atoms with van der Waals surface area (Å²) in [4.78, 5) is 56.5. The van der Waals surface area contributed by atoms with Crippen LogP contribution in [-0.4, -0.2) is 288 Å². The number of nitrogens with one attached hydrogen (secondary N) is 5. The number of hydrogen-bond donors (Lipinski definition) is 5. The number of hydrogen-bond acceptors (Lipinski definition) is 23. The SMILES string of the molecule is CCCCOCCOCCOCC(=O)NC(COCCC(=O)NCCOCCOCCOCCOC)(COCCC(=O)NCCOCCOCCOCCOC)COCCC(=O)NCCOCCOCCOCCONC. The van der Waals surface area contributed by atoms with Gasteiger partial charge in [0.1, 0.15) is 12.1 Å². The highest BCUT2D eigenvalue weighted by Gasteiger charge is 2.34. The predicted octanol–water partition coefficient (Wildman–Crippen LogP) is -1.15. The third-order valence-corrected chi connectivity index (χ3v) is 9.85. The molecule has 0 aliphatic carbocycles. The van der Waals surface area contributed by atoms with E-state index in [1.165, 1.54) is 0 Å². The first-order valence-corrected chi connectivity index (χ1v) is 26.9. The quantitative estimate of drug-likeness (QED) is 0.0355. The number of rotatable bonds is 64. The first-order chi connectivity index (χ1) is 37.8. The van der Waals surface area contributed by atoms with Crippen molar-refractivity contribution >= 4 is 23.6 Å². The Balaban J connectivity index is 5.32. The van der Waals surface area contributed by atoms with Gasteiger partial charge in [-0.05, 0) is 6.42 Å². The van der Waals surface area contributed by atoms with Crippen LogP contribution in [-0.2, 0) is 105 Å². The number of carbonyl (C=O) groups is 4. The first-order valence-electron chi connectivity index (χ1n) is 26.9. The van der Waals surface area contributed by atoms with Crippen molar-refractivity contribution in [1.82, 2.24) is 26.7 Å². The largest absolute Gasteiger partial charge is 0.382 e. The Morgan fingerprint density at radius 2 is 0.636 bits per heavy atom. The van der Waals surface area contributed by atoms with Gasteiger partial charge in [0, 0.05) is 66.8 Å². The van der Waals surface area contributed by atoms with Crippen molar-refractivity contribution in [3.8, 4) is 0 Å². The fraction of sp³-hybridized carbons (Fsp3) is 0.920. The molecule has 5 N–H and O–H groups in total. The van der Waals surface area contributed by atoms with Gasteiger partial charge in [-0.2, -0.15) is 0 Å². The standard InChI is InChI=1S/C50H99N5O22/c1-5-6-13-62-24-28-71-38-39-73-42-49(59)55-50(43-74-14-7-46(56)52-10-17-63-25-29-68-34-32-66-22-20-60-3,44-75-15-8-47(57)53-11-18-64-26-30-69-35-33-67-23-21-61-4)45-76-16-9-48(58)54-12-19-65-27-31-70-36-37-72-40-41-77-51-2/h51H,5-45H2,1-4H3,(H,52,56)(H,53,57)(H,54,58)(H,55,59). The molecule has 0 radical (unpaired) electrons. The molecule has 0 saturated heterocycles. The summed E-state index contributed by atoms with van der Waals surface area (Å²) in [5.74, 6) is -1.33. The summed E-state index contributed by atoms with van der Waals surface area (Å²) in [5, 5.41) is 11.3. The fourth-order valence-corrected chi connectivity index (χ4v) is 5.88. The maximum atomic E-state index is 13.5. The zero-order valence-corrected chi connectivity index (χ0v) is 47.0. The van der Waals surface area contributed by atoms with Crippen LogP contribution in [0, 0.1) is 0 Å². The van der Waals surface area contributed by atoms with E-state index in [9.17, 15) is 19.2 Å². The van der Waals surface area contributed by atoms with Crippen molar-refractivity contribution in [3.63, 3.8) is 0 Å². The van der Waals surface area contributed by atoms with Gasteiger partial charge in [0.25, 0.3) is 0 Å². The fourth-order valence-electron chi connectivity index (χ4n) is 5.88. The monoisotopic (exact) mass is 1120 g/mol. The van der Waals surface area contributed by atoms with E-state index in [0.29, 0.717) is 139 Å². The van der Waals surface area contributed by atoms with Crippen molar-refractivity contribution in [2.24, 2.45) is 0 Å². The Morgan fingerprint density at radius 1 is 0.338 bits per heavy atom. The third-order valence-electron chi connectivity index (χ3n) is 9.85. The van der Waals surface area contributed by atoms with Gasteiger partial charge in [-0.15, -0.1) is 0 Å². The molecule has 0 unspecified atom stereocenters. The predicted molar refractivity (Wildman–Crippen MR) is 280 cm³/mol. The number of methoxy groups -OCH3 is 2. The molecule has 0 atom stereocenters. The van der Waals surface area contributed by atoms with E-state index in [1.54, 1.807) is 21.3 Å². The lowest BCUT2D eigenvalue weighted by atomic mass is 10.0. The maximum Gasteiger partial charge on any atom is 0.246 e. The molecule has 4 amide bonds. The van der Waals surface area contributed by atoms with Crippen LogP contribution < -0.4 is 26.7 Å². The Labute approximate surface area is 457 Å². The Morgan fingerprint density at radius 3 is 0.961 bits per heavy atom. The van der Waals surface area contributed by atoms with E-state index < -0.39 is 11.4 Å². The van der Waals surface area contributed by atoms with Gasteiger partial charge in [-0.1, -0.05) is 13.3 Å². The molecular weight excluding hydrogens is 1020 g/mol. The molecule has 456 valence electrons. The van der Waals surface area contributed by atoms with Crippen LogP contribution in [0.5, 0.6) is 0 Å². The summed E-state index contributed by atoms with van der Waals surface area (Å²) in [5.41, 5.74) is 1.23. The number of amides is 4. The second-order valence-corrected chi connectivity index (χ2v) is 16.5. The van der Waals surface area contributed by atoms with E-state index in [4.69, 9.17) is 85.4 Å². The van der Waals surface area contributed by atoms with Crippen molar-refractivity contribution < 1.29 is 105 Å². The van der Waals surface area contributed by atoms with E-state index in [1.807, 2.05) is 0 Å². The van der Waals surface area contributed by atoms with Crippen LogP contribution in [0.25, 0.3) is 0 Å². The van der Waals surface area contributed by atoms with Gasteiger partial charge >= 0.3 is 0 Å². The highest BCUT2D eigenvalue weighted by atomic mass is 16.7. The van der Waals surface area contributed by atoms with Crippen LogP contribution >= 0.6 is 0 Å². The highest BCUT2D eigenvalue weighted by molar-refractivity contribution is 5.78. The molecule has 0 aliphatic heterocycles. The summed E-state index contributed by atoms with van der Waals surface area (Å²) in [6.07, 6.45) is 2.03. The minimum atomic E-state index is -1.34. The van der Waals surface area contributed by atoms with Crippen LogP contribution in [0.15, 0.2) is 0 Å². The molecule has 0 saturated carbocycles. The molecule has 0 fully saturated rings. The Kier molecular flexibility index (Phi) is 58.5. The zero-order chi connectivity index (χ0) is 56.1. The summed E-state index contributed by atoms with van der Waals surface area (Å²) >= 11 is 0. The molecule has 0 aromatic rings. The average molecular weight is 1120 g/mol. The van der Waals surface area contributed by atoms with Crippen molar-refractivity contribution in [3.05, 3.63) is 0 Å². The molecule has 0 spiro atoms. The van der Waals surface area contributed by atoms with E-state index in [2.05, 4.69) is 33.7 Å². The molecule has 0 aliphatic rings. The minimum absolute atomic E-state index is 0.00331. The van der Waals surface area contributed by atoms with E-state index in [-0.39, 0.29) is 136 Å². The lowest BCUT2D eigenvalue weighted by Crippen LogP contribution is -2.59. The topological polar surface area (TPSA) is 295 Å². The third kappa shape index (κ3) is 56.2. The van der Waals surface area contributed by atoms with Crippen molar-refractivity contribution in [2.45, 2.75) is 44.6 Å². The van der Waals surface area contributed by atoms with Gasteiger partial charge in [0.15, 0.2) is 0 Å². The lowest BCUT2D eigenvalue weighted by molar-refractivity contribution is -0.134. The van der Waals surface area contributed by atoms with Crippen LogP contribution in [0.4, 0.5) is 0 Å². The lowest BCUT2D eigenvalue weighted by Gasteiger charge is -2.34. The molecule has 77 heavy (non-hydrogen) atoms. The Bertz CT molecular complexity index is 1260. The molecule has 0 heterocycles. The minimum Gasteiger partial charge on any atom is -0.382 e. The molecule has 0 aromatic heterocycles. The molecule has 27 nitrogen and oxygen atoms in total. The number of carbonyl (C=O) groups excluding carboxylic acids is 4. The van der Waals surface area contributed by atoms with E-state index >= 15 is 0 Å². The molecule has 0 rings (SSSR count). The summed E-state index contributed by atoms with van der Waals surface area (Å²) < 4.78 is 93.6. The van der Waals surface area contributed by atoms with Gasteiger partial charge in [0.05, 0.1) is 205 Å². The summed E-state index contributed by atoms with van der Waals surface area (Å²) in [7, 11) is 4.90. The average Bonchev–Trinajstić information content (AvgIpc) is 3.42. The number of unbranched alkanes of at least 4 members (excludes halogenated alkanes) is 1. The number of ether oxygens (including phenoxy) is 17. The van der Waals surface area contributed by atoms with Crippen LogP contribution in [0.1, 0.15) is 39.0 Å². The van der Waals surface area contributed by atoms with E-state index in [0.717, 1.165) is 12.8 Å². The summed E-state index contributed by atoms with van der Waals surface area (Å²) in [6.45, 7) is 12.6. The molecule has 27 heteroatoms. The zero-order valence-electron chi connectivity index (χ0n) is 47.0. The smallest absolute Gasteiger partial charge is 0.246 e. The van der Waals surface area contributed by atoms with Gasteiger partial charge in [0.2, 0.25) is 23.6 Å². The highest BCUT2D eigenvalue weighted by Crippen LogP contribution is 2.11. The molecule has 0 bridgehead atoms. The molecular formula is C50H99N5O22. The van der Waals surface area contributed by atoms with Crippen molar-refractivity contribution in [1.29, 1.82) is 0 Å². The molecule has 0 aromatic carbocycles. The number of hydroxylamine groups is 1. The van der Waals surface area contributed by atoms with Gasteiger partial charge in [-0.25, -0.2) is 5.48 Å². The summed E-state index contributed by atoms with van der Waals surface area (Å²) in [6, 6.07) is 0. The van der Waals surface area contributed by atoms with Gasteiger partial charge in [-0.3, -0.25) is 24.0 Å². The van der Waals surface area contributed by atoms with Crippen molar-refractivity contribution in [2.75, 3.05) is 259 Å². The van der Waals surface area contributed by atoms with Gasteiger partial charge < -0.3 is 102 Å². The second kappa shape index (κ2) is 60.8. The second-order valence-electron chi connectivity index (χ2n) is 16.5. The Hall–Kier alpha value is -2.88.